The lowest BCUT2D eigenvalue weighted by atomic mass is 9.81. The smallest absolute Gasteiger partial charge is 0.00640 e. The van der Waals surface area contributed by atoms with Crippen molar-refractivity contribution in [2.45, 2.75) is 57.9 Å². The van der Waals surface area contributed by atoms with Gasteiger partial charge in [0.2, 0.25) is 0 Å². The molecule has 0 heterocycles. The summed E-state index contributed by atoms with van der Waals surface area (Å²) in [6.07, 6.45) is 9.85. The zero-order valence-electron chi connectivity index (χ0n) is 10.5. The molecule has 2 aliphatic carbocycles. The molecule has 2 heteroatoms. The van der Waals surface area contributed by atoms with Gasteiger partial charge in [0, 0.05) is 6.04 Å². The van der Waals surface area contributed by atoms with E-state index in [9.17, 15) is 0 Å². The summed E-state index contributed by atoms with van der Waals surface area (Å²) in [6.45, 7) is 3.23. The van der Waals surface area contributed by atoms with Crippen molar-refractivity contribution in [3.05, 3.63) is 0 Å². The Balaban J connectivity index is 0.000000162. The van der Waals surface area contributed by atoms with E-state index in [-0.39, 0.29) is 0 Å². The molecular weight excluding hydrogens is 184 g/mol. The van der Waals surface area contributed by atoms with Crippen LogP contribution in [0.1, 0.15) is 51.9 Å². The topological polar surface area (TPSA) is 38.0 Å². The molecule has 2 atom stereocenters. The normalized spacial score (nSPS) is 31.4. The maximum absolute atomic E-state index is 5.59. The first-order valence-corrected chi connectivity index (χ1v) is 6.65. The largest absolute Gasteiger partial charge is 0.330 e. The van der Waals surface area contributed by atoms with E-state index in [4.69, 9.17) is 5.73 Å². The Hall–Kier alpha value is -0.0800. The highest BCUT2D eigenvalue weighted by Gasteiger charge is 2.18. The Morgan fingerprint density at radius 3 is 2.00 bits per heavy atom. The third-order valence-electron chi connectivity index (χ3n) is 4.11. The summed E-state index contributed by atoms with van der Waals surface area (Å²) in [5.74, 6) is 1.72. The molecule has 0 radical (unpaired) electrons. The Bertz CT molecular complexity index is 152. The molecule has 0 spiro atoms. The molecule has 2 rings (SSSR count). The standard InChI is InChI=1S/C8H17N.C5H11N/c1-7-4-2-3-5-8(7)6-9;1-6-5-3-2-4-5/h7-8H,2-6,9H2,1H3;5-6H,2-4H2,1H3. The lowest BCUT2D eigenvalue weighted by Gasteiger charge is -2.27. The van der Waals surface area contributed by atoms with Crippen LogP contribution in [0, 0.1) is 11.8 Å². The monoisotopic (exact) mass is 212 g/mol. The molecule has 2 saturated carbocycles. The molecule has 0 aromatic rings. The second-order valence-corrected chi connectivity index (χ2v) is 5.17. The van der Waals surface area contributed by atoms with Crippen LogP contribution in [0.3, 0.4) is 0 Å². The van der Waals surface area contributed by atoms with Gasteiger partial charge in [-0.25, -0.2) is 0 Å². The van der Waals surface area contributed by atoms with Crippen LogP contribution in [0.4, 0.5) is 0 Å². The van der Waals surface area contributed by atoms with Crippen molar-refractivity contribution in [1.82, 2.24) is 5.32 Å². The summed E-state index contributed by atoms with van der Waals surface area (Å²) in [5, 5.41) is 3.20. The number of nitrogens with one attached hydrogen (secondary N) is 1. The van der Waals surface area contributed by atoms with Gasteiger partial charge in [0.1, 0.15) is 0 Å². The molecule has 2 unspecified atom stereocenters. The summed E-state index contributed by atoms with van der Waals surface area (Å²) >= 11 is 0. The van der Waals surface area contributed by atoms with Crippen LogP contribution in [0.5, 0.6) is 0 Å². The number of hydrogen-bond acceptors (Lipinski definition) is 2. The molecule has 3 N–H and O–H groups in total. The van der Waals surface area contributed by atoms with E-state index < -0.39 is 0 Å². The first-order valence-electron chi connectivity index (χ1n) is 6.65. The molecule has 90 valence electrons. The molecule has 0 aliphatic heterocycles. The minimum atomic E-state index is 0.832. The third-order valence-corrected chi connectivity index (χ3v) is 4.11. The van der Waals surface area contributed by atoms with Crippen molar-refractivity contribution in [1.29, 1.82) is 0 Å². The van der Waals surface area contributed by atoms with Crippen LogP contribution in [-0.2, 0) is 0 Å². The molecule has 0 saturated heterocycles. The summed E-state index contributed by atoms with van der Waals surface area (Å²) in [5.41, 5.74) is 5.59. The summed E-state index contributed by atoms with van der Waals surface area (Å²) in [4.78, 5) is 0. The minimum absolute atomic E-state index is 0.832. The average Bonchev–Trinajstić information content (AvgIpc) is 2.18. The fourth-order valence-corrected chi connectivity index (χ4v) is 2.44. The van der Waals surface area contributed by atoms with Crippen molar-refractivity contribution in [3.63, 3.8) is 0 Å². The maximum atomic E-state index is 5.59. The zero-order chi connectivity index (χ0) is 11.1. The minimum Gasteiger partial charge on any atom is -0.330 e. The highest BCUT2D eigenvalue weighted by atomic mass is 14.9. The van der Waals surface area contributed by atoms with E-state index in [1.54, 1.807) is 0 Å². The van der Waals surface area contributed by atoms with Gasteiger partial charge in [-0.1, -0.05) is 32.6 Å². The Kier molecular flexibility index (Phi) is 6.26. The van der Waals surface area contributed by atoms with Gasteiger partial charge in [0.25, 0.3) is 0 Å². The fraction of sp³-hybridized carbons (Fsp3) is 1.00. The number of rotatable bonds is 2. The highest BCUT2D eigenvalue weighted by molar-refractivity contribution is 4.73. The summed E-state index contributed by atoms with van der Waals surface area (Å²) in [7, 11) is 2.03. The lowest BCUT2D eigenvalue weighted by molar-refractivity contribution is 0.263. The van der Waals surface area contributed by atoms with Gasteiger partial charge < -0.3 is 11.1 Å². The number of nitrogens with two attached hydrogens (primary N) is 1. The van der Waals surface area contributed by atoms with Crippen molar-refractivity contribution in [2.75, 3.05) is 13.6 Å². The Labute approximate surface area is 95.0 Å². The van der Waals surface area contributed by atoms with Crippen LogP contribution in [0.2, 0.25) is 0 Å². The van der Waals surface area contributed by atoms with E-state index in [0.717, 1.165) is 24.4 Å². The summed E-state index contributed by atoms with van der Waals surface area (Å²) < 4.78 is 0. The van der Waals surface area contributed by atoms with Gasteiger partial charge in [0.05, 0.1) is 0 Å². The van der Waals surface area contributed by atoms with Crippen LogP contribution in [0.15, 0.2) is 0 Å². The molecule has 2 fully saturated rings. The fourth-order valence-electron chi connectivity index (χ4n) is 2.44. The van der Waals surface area contributed by atoms with Crippen LogP contribution in [-0.4, -0.2) is 19.6 Å². The maximum Gasteiger partial charge on any atom is 0.00640 e. The third kappa shape index (κ3) is 4.52. The molecule has 0 aromatic carbocycles. The second-order valence-electron chi connectivity index (χ2n) is 5.17. The van der Waals surface area contributed by atoms with E-state index >= 15 is 0 Å². The second kappa shape index (κ2) is 7.24. The SMILES string of the molecule is CC1CCCCC1CN.CNC1CCC1. The van der Waals surface area contributed by atoms with Gasteiger partial charge >= 0.3 is 0 Å². The first kappa shape index (κ1) is 13.0. The molecule has 0 aromatic heterocycles. The Morgan fingerprint density at radius 2 is 1.73 bits per heavy atom. The number of hydrogen-bond donors (Lipinski definition) is 2. The van der Waals surface area contributed by atoms with Crippen LogP contribution in [0.25, 0.3) is 0 Å². The average molecular weight is 212 g/mol. The molecular formula is C13H28N2. The van der Waals surface area contributed by atoms with Crippen molar-refractivity contribution in [2.24, 2.45) is 17.6 Å². The molecule has 15 heavy (non-hydrogen) atoms. The van der Waals surface area contributed by atoms with Crippen molar-refractivity contribution < 1.29 is 0 Å². The van der Waals surface area contributed by atoms with Gasteiger partial charge in [-0.15, -0.1) is 0 Å². The molecule has 0 amide bonds. The van der Waals surface area contributed by atoms with Gasteiger partial charge in [-0.2, -0.15) is 0 Å². The molecule has 0 bridgehead atoms. The van der Waals surface area contributed by atoms with Crippen LogP contribution < -0.4 is 11.1 Å². The summed E-state index contributed by atoms with van der Waals surface area (Å²) in [6, 6.07) is 0.866. The molecule has 2 nitrogen and oxygen atoms in total. The quantitative estimate of drug-likeness (QED) is 0.738. The van der Waals surface area contributed by atoms with Crippen molar-refractivity contribution >= 4 is 0 Å². The van der Waals surface area contributed by atoms with Gasteiger partial charge in [0.15, 0.2) is 0 Å². The van der Waals surface area contributed by atoms with E-state index in [1.807, 2.05) is 7.05 Å². The Morgan fingerprint density at radius 1 is 1.07 bits per heavy atom. The predicted molar refractivity (Wildman–Crippen MR) is 66.9 cm³/mol. The van der Waals surface area contributed by atoms with Gasteiger partial charge in [-0.05, 0) is 44.7 Å². The van der Waals surface area contributed by atoms with Crippen LogP contribution >= 0.6 is 0 Å². The predicted octanol–water partition coefficient (Wildman–Crippen LogP) is 2.53. The van der Waals surface area contributed by atoms with E-state index in [1.165, 1.54) is 44.9 Å². The lowest BCUT2D eigenvalue weighted by Crippen LogP contribution is -2.31. The van der Waals surface area contributed by atoms with E-state index in [0.29, 0.717) is 0 Å². The zero-order valence-corrected chi connectivity index (χ0v) is 10.5. The first-order chi connectivity index (χ1) is 7.27. The van der Waals surface area contributed by atoms with Crippen molar-refractivity contribution in [3.8, 4) is 0 Å². The molecule has 2 aliphatic rings. The van der Waals surface area contributed by atoms with Gasteiger partial charge in [-0.3, -0.25) is 0 Å². The highest BCUT2D eigenvalue weighted by Crippen LogP contribution is 2.28. The van der Waals surface area contributed by atoms with E-state index in [2.05, 4.69) is 12.2 Å².